The van der Waals surface area contributed by atoms with E-state index in [1.54, 1.807) is 7.11 Å². The highest BCUT2D eigenvalue weighted by molar-refractivity contribution is 5.38. The third-order valence-electron chi connectivity index (χ3n) is 4.30. The molecule has 0 bridgehead atoms. The SMILES string of the molecule is COc1ccc(C)cc1C(C)NC1CCCC(OC)C1. The quantitative estimate of drug-likeness (QED) is 0.892. The van der Waals surface area contributed by atoms with Crippen LogP contribution in [0.15, 0.2) is 18.2 Å². The molecule has 1 aromatic rings. The molecular weight excluding hydrogens is 250 g/mol. The second-order valence-corrected chi connectivity index (χ2v) is 5.85. The molecule has 1 fully saturated rings. The van der Waals surface area contributed by atoms with Crippen LogP contribution in [0.2, 0.25) is 0 Å². The van der Waals surface area contributed by atoms with Crippen molar-refractivity contribution < 1.29 is 9.47 Å². The highest BCUT2D eigenvalue weighted by atomic mass is 16.5. The highest BCUT2D eigenvalue weighted by Gasteiger charge is 2.23. The first-order valence-corrected chi connectivity index (χ1v) is 7.57. The van der Waals surface area contributed by atoms with Crippen LogP contribution in [0, 0.1) is 6.92 Å². The molecule has 0 radical (unpaired) electrons. The van der Waals surface area contributed by atoms with Gasteiger partial charge in [0.1, 0.15) is 5.75 Å². The van der Waals surface area contributed by atoms with Gasteiger partial charge in [0, 0.05) is 24.8 Å². The van der Waals surface area contributed by atoms with E-state index < -0.39 is 0 Å². The first-order chi connectivity index (χ1) is 9.63. The van der Waals surface area contributed by atoms with Crippen LogP contribution >= 0.6 is 0 Å². The van der Waals surface area contributed by atoms with Crippen molar-refractivity contribution in [3.05, 3.63) is 29.3 Å². The van der Waals surface area contributed by atoms with Gasteiger partial charge in [0.15, 0.2) is 0 Å². The van der Waals surface area contributed by atoms with Crippen LogP contribution in [0.25, 0.3) is 0 Å². The Morgan fingerprint density at radius 1 is 1.25 bits per heavy atom. The summed E-state index contributed by atoms with van der Waals surface area (Å²) in [7, 11) is 3.56. The van der Waals surface area contributed by atoms with E-state index >= 15 is 0 Å². The number of methoxy groups -OCH3 is 2. The van der Waals surface area contributed by atoms with Gasteiger partial charge in [-0.25, -0.2) is 0 Å². The fraction of sp³-hybridized carbons (Fsp3) is 0.647. The van der Waals surface area contributed by atoms with Crippen LogP contribution in [0.4, 0.5) is 0 Å². The fourth-order valence-electron chi connectivity index (χ4n) is 3.15. The maximum Gasteiger partial charge on any atom is 0.123 e. The molecule has 3 heteroatoms. The van der Waals surface area contributed by atoms with Gasteiger partial charge in [0.2, 0.25) is 0 Å². The van der Waals surface area contributed by atoms with Crippen molar-refractivity contribution in [3.63, 3.8) is 0 Å². The molecule has 1 aliphatic carbocycles. The van der Waals surface area contributed by atoms with Gasteiger partial charge in [-0.2, -0.15) is 0 Å². The second kappa shape index (κ2) is 7.09. The van der Waals surface area contributed by atoms with E-state index in [2.05, 4.69) is 37.4 Å². The molecule has 20 heavy (non-hydrogen) atoms. The van der Waals surface area contributed by atoms with Gasteiger partial charge in [-0.15, -0.1) is 0 Å². The summed E-state index contributed by atoms with van der Waals surface area (Å²) in [5, 5.41) is 3.74. The molecular formula is C17H27NO2. The Hall–Kier alpha value is -1.06. The molecule has 1 aromatic carbocycles. The van der Waals surface area contributed by atoms with Gasteiger partial charge in [0.25, 0.3) is 0 Å². The number of benzene rings is 1. The van der Waals surface area contributed by atoms with Gasteiger partial charge < -0.3 is 14.8 Å². The number of aryl methyl sites for hydroxylation is 1. The fourth-order valence-corrected chi connectivity index (χ4v) is 3.15. The van der Waals surface area contributed by atoms with Crippen LogP contribution in [0.3, 0.4) is 0 Å². The zero-order valence-electron chi connectivity index (χ0n) is 13.1. The van der Waals surface area contributed by atoms with Gasteiger partial charge >= 0.3 is 0 Å². The maximum atomic E-state index is 5.51. The minimum Gasteiger partial charge on any atom is -0.496 e. The van der Waals surface area contributed by atoms with Crippen LogP contribution in [0.1, 0.15) is 49.8 Å². The topological polar surface area (TPSA) is 30.5 Å². The zero-order chi connectivity index (χ0) is 14.5. The Bertz CT molecular complexity index is 433. The van der Waals surface area contributed by atoms with Crippen molar-refractivity contribution in [2.75, 3.05) is 14.2 Å². The summed E-state index contributed by atoms with van der Waals surface area (Å²) in [4.78, 5) is 0. The monoisotopic (exact) mass is 277 g/mol. The standard InChI is InChI=1S/C17H27NO2/c1-12-8-9-17(20-4)16(10-12)13(2)18-14-6-5-7-15(11-14)19-3/h8-10,13-15,18H,5-7,11H2,1-4H3. The molecule has 1 aliphatic rings. The van der Waals surface area contributed by atoms with Crippen molar-refractivity contribution in [2.24, 2.45) is 0 Å². The molecule has 0 aromatic heterocycles. The van der Waals surface area contributed by atoms with Gasteiger partial charge in [0.05, 0.1) is 13.2 Å². The molecule has 1 N–H and O–H groups in total. The summed E-state index contributed by atoms with van der Waals surface area (Å²) in [5.74, 6) is 0.967. The molecule has 1 saturated carbocycles. The molecule has 0 heterocycles. The predicted octanol–water partition coefficient (Wildman–Crippen LogP) is 3.61. The summed E-state index contributed by atoms with van der Waals surface area (Å²) in [5.41, 5.74) is 2.51. The van der Waals surface area contributed by atoms with Crippen LogP contribution in [0.5, 0.6) is 5.75 Å². The second-order valence-electron chi connectivity index (χ2n) is 5.85. The molecule has 0 spiro atoms. The Morgan fingerprint density at radius 3 is 2.75 bits per heavy atom. The number of hydrogen-bond donors (Lipinski definition) is 1. The Labute approximate surface area is 122 Å². The lowest BCUT2D eigenvalue weighted by Crippen LogP contribution is -2.38. The average molecular weight is 277 g/mol. The minimum atomic E-state index is 0.297. The summed E-state index contributed by atoms with van der Waals surface area (Å²) in [6.07, 6.45) is 5.19. The van der Waals surface area contributed by atoms with E-state index in [1.807, 2.05) is 7.11 Å². The largest absolute Gasteiger partial charge is 0.496 e. The van der Waals surface area contributed by atoms with Gasteiger partial charge in [-0.1, -0.05) is 17.7 Å². The van der Waals surface area contributed by atoms with Gasteiger partial charge in [-0.3, -0.25) is 0 Å². The maximum absolute atomic E-state index is 5.51. The molecule has 3 nitrogen and oxygen atoms in total. The van der Waals surface area contributed by atoms with E-state index in [0.29, 0.717) is 18.2 Å². The molecule has 3 atom stereocenters. The first kappa shape index (κ1) is 15.3. The average Bonchev–Trinajstić information content (AvgIpc) is 2.47. The van der Waals surface area contributed by atoms with E-state index in [9.17, 15) is 0 Å². The van der Waals surface area contributed by atoms with Crippen molar-refractivity contribution in [2.45, 2.75) is 57.7 Å². The Morgan fingerprint density at radius 2 is 2.05 bits per heavy atom. The smallest absolute Gasteiger partial charge is 0.123 e. The molecule has 0 aliphatic heterocycles. The van der Waals surface area contributed by atoms with Crippen LogP contribution in [-0.2, 0) is 4.74 Å². The molecule has 3 unspecified atom stereocenters. The van der Waals surface area contributed by atoms with E-state index in [-0.39, 0.29) is 0 Å². The molecule has 112 valence electrons. The van der Waals surface area contributed by atoms with E-state index in [1.165, 1.54) is 30.4 Å². The highest BCUT2D eigenvalue weighted by Crippen LogP contribution is 2.28. The zero-order valence-corrected chi connectivity index (χ0v) is 13.1. The minimum absolute atomic E-state index is 0.297. The lowest BCUT2D eigenvalue weighted by Gasteiger charge is -2.31. The van der Waals surface area contributed by atoms with E-state index in [0.717, 1.165) is 12.2 Å². The molecule has 0 amide bonds. The Kier molecular flexibility index (Phi) is 5.44. The van der Waals surface area contributed by atoms with Gasteiger partial charge in [-0.05, 0) is 45.6 Å². The molecule has 0 saturated heterocycles. The summed E-state index contributed by atoms with van der Waals surface area (Å²) in [6.45, 7) is 4.34. The number of hydrogen-bond acceptors (Lipinski definition) is 3. The van der Waals surface area contributed by atoms with Crippen molar-refractivity contribution in [1.82, 2.24) is 5.32 Å². The number of nitrogens with one attached hydrogen (secondary N) is 1. The molecule has 2 rings (SSSR count). The van der Waals surface area contributed by atoms with Crippen molar-refractivity contribution in [3.8, 4) is 5.75 Å². The summed E-state index contributed by atoms with van der Waals surface area (Å²) >= 11 is 0. The van der Waals surface area contributed by atoms with Crippen LogP contribution < -0.4 is 10.1 Å². The van der Waals surface area contributed by atoms with Crippen molar-refractivity contribution in [1.29, 1.82) is 0 Å². The third kappa shape index (κ3) is 3.74. The summed E-state index contributed by atoms with van der Waals surface area (Å²) < 4.78 is 11.0. The third-order valence-corrected chi connectivity index (χ3v) is 4.30. The van der Waals surface area contributed by atoms with Crippen LogP contribution in [-0.4, -0.2) is 26.4 Å². The number of rotatable bonds is 5. The van der Waals surface area contributed by atoms with Crippen molar-refractivity contribution >= 4 is 0 Å². The lowest BCUT2D eigenvalue weighted by atomic mass is 9.91. The predicted molar refractivity (Wildman–Crippen MR) is 82.3 cm³/mol. The lowest BCUT2D eigenvalue weighted by molar-refractivity contribution is 0.0572. The normalized spacial score (nSPS) is 24.4. The first-order valence-electron chi connectivity index (χ1n) is 7.57. The van der Waals surface area contributed by atoms with E-state index in [4.69, 9.17) is 9.47 Å². The summed E-state index contributed by atoms with van der Waals surface area (Å²) in [6, 6.07) is 7.20. The Balaban J connectivity index is 2.04. The number of ether oxygens (including phenoxy) is 2.